The number of hydrogen-bond acceptors (Lipinski definition) is 5. The van der Waals surface area contributed by atoms with Crippen molar-refractivity contribution in [2.24, 2.45) is 0 Å². The van der Waals surface area contributed by atoms with E-state index in [0.717, 1.165) is 0 Å². The van der Waals surface area contributed by atoms with Crippen molar-refractivity contribution >= 4 is 17.6 Å². The highest BCUT2D eigenvalue weighted by Gasteiger charge is 2.29. The van der Waals surface area contributed by atoms with Crippen molar-refractivity contribution in [1.29, 1.82) is 0 Å². The molecule has 1 unspecified atom stereocenters. The van der Waals surface area contributed by atoms with E-state index in [2.05, 4.69) is 15.0 Å². The third-order valence-electron chi connectivity index (χ3n) is 2.64. The first kappa shape index (κ1) is 15.1. The number of nitrogens with zero attached hydrogens (tertiary/aromatic N) is 1. The van der Waals surface area contributed by atoms with Crippen LogP contribution in [0.25, 0.3) is 0 Å². The van der Waals surface area contributed by atoms with Gasteiger partial charge in [-0.1, -0.05) is 13.3 Å². The summed E-state index contributed by atoms with van der Waals surface area (Å²) in [5.41, 5.74) is -0.962. The average molecular weight is 266 g/mol. The van der Waals surface area contributed by atoms with E-state index in [1.807, 2.05) is 6.92 Å². The number of nitrogens with one attached hydrogen (secondary N) is 1. The summed E-state index contributed by atoms with van der Waals surface area (Å²) >= 11 is 0. The Hall–Kier alpha value is -1.95. The van der Waals surface area contributed by atoms with E-state index in [-0.39, 0.29) is 5.69 Å². The van der Waals surface area contributed by atoms with E-state index in [0.29, 0.717) is 18.5 Å². The van der Waals surface area contributed by atoms with Gasteiger partial charge in [0.15, 0.2) is 0 Å². The third-order valence-corrected chi connectivity index (χ3v) is 2.64. The van der Waals surface area contributed by atoms with Crippen LogP contribution in [-0.2, 0) is 9.53 Å². The zero-order valence-corrected chi connectivity index (χ0v) is 11.3. The summed E-state index contributed by atoms with van der Waals surface area (Å²) in [4.78, 5) is 27.0. The highest BCUT2D eigenvalue weighted by molar-refractivity contribution is 5.97. The average Bonchev–Trinajstić information content (AvgIpc) is 2.38. The van der Waals surface area contributed by atoms with E-state index in [1.165, 1.54) is 32.4 Å². The fourth-order valence-electron chi connectivity index (χ4n) is 1.59. The molecule has 0 saturated carbocycles. The second-order valence-electron chi connectivity index (χ2n) is 4.40. The van der Waals surface area contributed by atoms with Gasteiger partial charge < -0.3 is 15.2 Å². The van der Waals surface area contributed by atoms with Crippen molar-refractivity contribution < 1.29 is 19.4 Å². The smallest absolute Gasteiger partial charge is 0.356 e. The number of carbonyl (C=O) groups is 2. The van der Waals surface area contributed by atoms with Crippen LogP contribution in [0.2, 0.25) is 0 Å². The lowest BCUT2D eigenvalue weighted by atomic mass is 10.00. The maximum absolute atomic E-state index is 11.9. The number of rotatable bonds is 5. The van der Waals surface area contributed by atoms with Crippen LogP contribution in [0.1, 0.15) is 37.2 Å². The molecule has 0 aliphatic rings. The summed E-state index contributed by atoms with van der Waals surface area (Å²) < 4.78 is 4.54. The number of esters is 1. The fraction of sp³-hybridized carbons (Fsp3) is 0.462. The molecule has 1 atom stereocenters. The Kier molecular flexibility index (Phi) is 5.00. The fourth-order valence-corrected chi connectivity index (χ4v) is 1.59. The molecule has 0 fully saturated rings. The van der Waals surface area contributed by atoms with Crippen LogP contribution in [0.4, 0.5) is 5.69 Å². The monoisotopic (exact) mass is 266 g/mol. The molecule has 0 aliphatic carbocycles. The van der Waals surface area contributed by atoms with Crippen molar-refractivity contribution in [3.05, 3.63) is 24.0 Å². The predicted octanol–water partition coefficient (Wildman–Crippen LogP) is 1.36. The maximum atomic E-state index is 11.9. The van der Waals surface area contributed by atoms with Crippen LogP contribution in [0.5, 0.6) is 0 Å². The molecule has 1 rings (SSSR count). The van der Waals surface area contributed by atoms with Gasteiger partial charge in [-0.25, -0.2) is 9.78 Å². The summed E-state index contributed by atoms with van der Waals surface area (Å²) in [6, 6.07) is 2.93. The summed E-state index contributed by atoms with van der Waals surface area (Å²) in [7, 11) is 1.25. The Balaban J connectivity index is 2.83. The lowest BCUT2D eigenvalue weighted by Crippen LogP contribution is -2.39. The number of aromatic nitrogens is 1. The van der Waals surface area contributed by atoms with E-state index < -0.39 is 17.5 Å². The van der Waals surface area contributed by atoms with Gasteiger partial charge in [0, 0.05) is 11.9 Å². The number of carbonyl (C=O) groups excluding carboxylic acids is 2. The van der Waals surface area contributed by atoms with Gasteiger partial charge in [0.25, 0.3) is 5.91 Å². The van der Waals surface area contributed by atoms with Crippen molar-refractivity contribution in [3.8, 4) is 0 Å². The Bertz CT molecular complexity index is 471. The van der Waals surface area contributed by atoms with Crippen LogP contribution in [0, 0.1) is 0 Å². The normalized spacial score (nSPS) is 13.5. The SMILES string of the molecule is CCCC(C)(O)C(=O)Nc1ccnc(C(=O)OC)c1. The van der Waals surface area contributed by atoms with Crippen LogP contribution in [0.3, 0.4) is 0 Å². The lowest BCUT2D eigenvalue weighted by Gasteiger charge is -2.21. The Morgan fingerprint density at radius 2 is 2.21 bits per heavy atom. The van der Waals surface area contributed by atoms with Crippen LogP contribution < -0.4 is 5.32 Å². The Morgan fingerprint density at radius 3 is 2.79 bits per heavy atom. The number of amides is 1. The Morgan fingerprint density at radius 1 is 1.53 bits per heavy atom. The first-order valence-corrected chi connectivity index (χ1v) is 5.99. The number of aliphatic hydroxyl groups is 1. The molecule has 0 aliphatic heterocycles. The van der Waals surface area contributed by atoms with Gasteiger partial charge in [-0.3, -0.25) is 4.79 Å². The van der Waals surface area contributed by atoms with Crippen LogP contribution >= 0.6 is 0 Å². The number of anilines is 1. The van der Waals surface area contributed by atoms with Crippen molar-refractivity contribution in [2.45, 2.75) is 32.3 Å². The molecule has 1 amide bonds. The number of ether oxygens (including phenoxy) is 1. The minimum atomic E-state index is -1.44. The first-order chi connectivity index (χ1) is 8.90. The maximum Gasteiger partial charge on any atom is 0.356 e. The van der Waals surface area contributed by atoms with Gasteiger partial charge in [0.05, 0.1) is 7.11 Å². The second kappa shape index (κ2) is 6.29. The molecule has 1 heterocycles. The van der Waals surface area contributed by atoms with Crippen LogP contribution in [-0.4, -0.2) is 34.7 Å². The van der Waals surface area contributed by atoms with Crippen molar-refractivity contribution in [1.82, 2.24) is 4.98 Å². The molecule has 1 aromatic rings. The number of pyridine rings is 1. The largest absolute Gasteiger partial charge is 0.464 e. The van der Waals surface area contributed by atoms with Gasteiger partial charge in [-0.15, -0.1) is 0 Å². The number of methoxy groups -OCH3 is 1. The van der Waals surface area contributed by atoms with Crippen molar-refractivity contribution in [2.75, 3.05) is 12.4 Å². The zero-order chi connectivity index (χ0) is 14.5. The topological polar surface area (TPSA) is 88.5 Å². The molecule has 2 N–H and O–H groups in total. The third kappa shape index (κ3) is 4.03. The van der Waals surface area contributed by atoms with Gasteiger partial charge in [0.2, 0.25) is 0 Å². The molecule has 1 aromatic heterocycles. The summed E-state index contributed by atoms with van der Waals surface area (Å²) in [6.07, 6.45) is 2.42. The molecule has 6 heteroatoms. The van der Waals surface area contributed by atoms with Crippen LogP contribution in [0.15, 0.2) is 18.3 Å². The van der Waals surface area contributed by atoms with E-state index in [9.17, 15) is 14.7 Å². The molecular weight excluding hydrogens is 248 g/mol. The van der Waals surface area contributed by atoms with Gasteiger partial charge in [-0.2, -0.15) is 0 Å². The summed E-state index contributed by atoms with van der Waals surface area (Å²) in [5.74, 6) is -1.10. The molecular formula is C13H18N2O4. The highest BCUT2D eigenvalue weighted by atomic mass is 16.5. The standard InChI is InChI=1S/C13H18N2O4/c1-4-6-13(2,18)12(17)15-9-5-7-14-10(8-9)11(16)19-3/h5,7-8,18H,4,6H2,1-3H3,(H,14,15,17). The minimum Gasteiger partial charge on any atom is -0.464 e. The minimum absolute atomic E-state index is 0.0930. The van der Waals surface area contributed by atoms with Crippen molar-refractivity contribution in [3.63, 3.8) is 0 Å². The molecule has 19 heavy (non-hydrogen) atoms. The summed E-state index contributed by atoms with van der Waals surface area (Å²) in [6.45, 7) is 3.33. The summed E-state index contributed by atoms with van der Waals surface area (Å²) in [5, 5.41) is 12.5. The first-order valence-electron chi connectivity index (χ1n) is 5.99. The van der Waals surface area contributed by atoms with Gasteiger partial charge >= 0.3 is 5.97 Å². The molecule has 0 bridgehead atoms. The molecule has 0 radical (unpaired) electrons. The van der Waals surface area contributed by atoms with E-state index in [1.54, 1.807) is 0 Å². The van der Waals surface area contributed by atoms with E-state index in [4.69, 9.17) is 0 Å². The van der Waals surface area contributed by atoms with Gasteiger partial charge in [0.1, 0.15) is 11.3 Å². The van der Waals surface area contributed by atoms with Gasteiger partial charge in [-0.05, 0) is 25.5 Å². The zero-order valence-electron chi connectivity index (χ0n) is 11.3. The molecule has 0 spiro atoms. The Labute approximate surface area is 111 Å². The molecule has 6 nitrogen and oxygen atoms in total. The predicted molar refractivity (Wildman–Crippen MR) is 69.7 cm³/mol. The lowest BCUT2D eigenvalue weighted by molar-refractivity contribution is -0.133. The van der Waals surface area contributed by atoms with E-state index >= 15 is 0 Å². The highest BCUT2D eigenvalue weighted by Crippen LogP contribution is 2.16. The molecule has 104 valence electrons. The molecule has 0 saturated heterocycles. The second-order valence-corrected chi connectivity index (χ2v) is 4.40. The molecule has 0 aromatic carbocycles. The number of hydrogen-bond donors (Lipinski definition) is 2. The quantitative estimate of drug-likeness (QED) is 0.785.